The Morgan fingerprint density at radius 2 is 1.16 bits per heavy atom. The van der Waals surface area contributed by atoms with Crippen molar-refractivity contribution < 1.29 is 44.9 Å². The van der Waals surface area contributed by atoms with E-state index in [0.717, 1.165) is 19.3 Å². The Bertz CT molecular complexity index is 820. The first-order valence-electron chi connectivity index (χ1n) is 20.5. The Kier molecular flexibility index (Phi) is 27.3. The van der Waals surface area contributed by atoms with Crippen LogP contribution in [0.15, 0.2) is 0 Å². The van der Waals surface area contributed by atoms with Crippen LogP contribution in [0.3, 0.4) is 0 Å². The van der Waals surface area contributed by atoms with Crippen molar-refractivity contribution in [2.45, 2.75) is 229 Å². The number of nitrogens with one attached hydrogen (secondary N) is 1. The van der Waals surface area contributed by atoms with Gasteiger partial charge in [0.2, 0.25) is 5.91 Å². The molecule has 8 atom stereocenters. The first kappa shape index (κ1) is 47.4. The highest BCUT2D eigenvalue weighted by Crippen LogP contribution is 2.25. The van der Waals surface area contributed by atoms with E-state index in [1.165, 1.54) is 121 Å². The Balaban J connectivity index is 2.17. The number of hydrogen-bond donors (Lipinski definition) is 7. The van der Waals surface area contributed by atoms with Crippen molar-refractivity contribution in [3.63, 3.8) is 0 Å². The second-order valence-electron chi connectivity index (χ2n) is 15.8. The molecule has 0 bridgehead atoms. The van der Waals surface area contributed by atoms with Gasteiger partial charge in [-0.1, -0.05) is 161 Å². The van der Waals surface area contributed by atoms with Gasteiger partial charge in [-0.2, -0.15) is 0 Å². The van der Waals surface area contributed by atoms with Gasteiger partial charge >= 0.3 is 0 Å². The van der Waals surface area contributed by atoms with Gasteiger partial charge in [-0.3, -0.25) is 4.79 Å². The molecule has 5 unspecified atom stereocenters. The summed E-state index contributed by atoms with van der Waals surface area (Å²) in [6, 6.07) is 1.80. The maximum atomic E-state index is 12.7. The Labute approximate surface area is 306 Å². The molecule has 1 heterocycles. The number of ether oxygens (including phenoxy) is 2. The van der Waals surface area contributed by atoms with E-state index < -0.39 is 63.6 Å². The predicted octanol–water partition coefficient (Wildman–Crippen LogP) is 6.34. The zero-order valence-corrected chi connectivity index (χ0v) is 33.4. The standard InChI is InChI=1S/C39H79NO9Si/c1-5-7-8-9-10-11-12-13-14-15-16-17-18-21-24-27-50(3,4)28-25-22-19-20-23-26-34(43)40-31(35(44)32(42)6-2)30-48-39-38(47)37(46)36(45)33(29-41)49-39/h31-33,35-39,41-42,44-47H,5-30H2,1-4H3,(H,40,43)/t31-,32+,33?,35-,36?,37?,38?,39?/m0/s1. The lowest BCUT2D eigenvalue weighted by Gasteiger charge is -2.40. The highest BCUT2D eigenvalue weighted by molar-refractivity contribution is 6.77. The van der Waals surface area contributed by atoms with E-state index in [0.29, 0.717) is 0 Å². The molecular formula is C39H79NO9Si. The van der Waals surface area contributed by atoms with Crippen molar-refractivity contribution in [3.8, 4) is 0 Å². The Morgan fingerprint density at radius 3 is 1.62 bits per heavy atom. The highest BCUT2D eigenvalue weighted by atomic mass is 28.3. The molecule has 1 aliphatic heterocycles. The van der Waals surface area contributed by atoms with Crippen LogP contribution in [0.5, 0.6) is 0 Å². The van der Waals surface area contributed by atoms with Crippen molar-refractivity contribution in [2.75, 3.05) is 13.2 Å². The minimum Gasteiger partial charge on any atom is -0.394 e. The topological polar surface area (TPSA) is 169 Å². The van der Waals surface area contributed by atoms with Crippen LogP contribution in [0, 0.1) is 0 Å². The highest BCUT2D eigenvalue weighted by Gasteiger charge is 2.44. The zero-order valence-electron chi connectivity index (χ0n) is 32.4. The van der Waals surface area contributed by atoms with Gasteiger partial charge in [0.1, 0.15) is 30.5 Å². The number of aliphatic hydroxyl groups excluding tert-OH is 6. The van der Waals surface area contributed by atoms with Crippen LogP contribution in [0.25, 0.3) is 0 Å². The summed E-state index contributed by atoms with van der Waals surface area (Å²) in [6.07, 6.45) is 17.1. The van der Waals surface area contributed by atoms with Crippen molar-refractivity contribution >= 4 is 14.0 Å². The first-order chi connectivity index (χ1) is 24.0. The Hall–Kier alpha value is -0.633. The lowest BCUT2D eigenvalue weighted by Crippen LogP contribution is -2.60. The summed E-state index contributed by atoms with van der Waals surface area (Å²) in [5, 5.41) is 63.2. The van der Waals surface area contributed by atoms with E-state index in [2.05, 4.69) is 25.3 Å². The summed E-state index contributed by atoms with van der Waals surface area (Å²) >= 11 is 0. The monoisotopic (exact) mass is 734 g/mol. The van der Waals surface area contributed by atoms with E-state index in [-0.39, 0.29) is 25.4 Å². The van der Waals surface area contributed by atoms with Crippen LogP contribution in [0.4, 0.5) is 0 Å². The maximum absolute atomic E-state index is 12.7. The van der Waals surface area contributed by atoms with Crippen LogP contribution in [-0.4, -0.2) is 107 Å². The third kappa shape index (κ3) is 21.2. The van der Waals surface area contributed by atoms with Gasteiger partial charge in [0.15, 0.2) is 6.29 Å². The number of carbonyl (C=O) groups is 1. The normalized spacial score (nSPS) is 23.1. The van der Waals surface area contributed by atoms with Gasteiger partial charge in [-0.25, -0.2) is 0 Å². The fraction of sp³-hybridized carbons (Fsp3) is 0.974. The summed E-state index contributed by atoms with van der Waals surface area (Å²) in [7, 11) is -1.16. The molecule has 1 amide bonds. The smallest absolute Gasteiger partial charge is 0.220 e. The number of amides is 1. The maximum Gasteiger partial charge on any atom is 0.220 e. The number of unbranched alkanes of at least 4 members (excludes halogenated alkanes) is 18. The summed E-state index contributed by atoms with van der Waals surface area (Å²) < 4.78 is 10.9. The zero-order chi connectivity index (χ0) is 37.2. The van der Waals surface area contributed by atoms with Crippen molar-refractivity contribution in [2.24, 2.45) is 0 Å². The fourth-order valence-electron chi connectivity index (χ4n) is 6.94. The van der Waals surface area contributed by atoms with Crippen LogP contribution in [-0.2, 0) is 14.3 Å². The van der Waals surface area contributed by atoms with Crippen molar-refractivity contribution in [3.05, 3.63) is 0 Å². The van der Waals surface area contributed by atoms with E-state index in [1.807, 2.05) is 0 Å². The van der Waals surface area contributed by atoms with Gasteiger partial charge in [-0.15, -0.1) is 0 Å². The van der Waals surface area contributed by atoms with Gasteiger partial charge < -0.3 is 45.4 Å². The third-order valence-electron chi connectivity index (χ3n) is 10.6. The van der Waals surface area contributed by atoms with Gasteiger partial charge in [0.05, 0.1) is 25.4 Å². The molecule has 0 saturated carbocycles. The molecule has 50 heavy (non-hydrogen) atoms. The van der Waals surface area contributed by atoms with E-state index >= 15 is 0 Å². The fourth-order valence-corrected chi connectivity index (χ4v) is 9.60. The lowest BCUT2D eigenvalue weighted by atomic mass is 9.99. The molecule has 1 fully saturated rings. The lowest BCUT2D eigenvalue weighted by molar-refractivity contribution is -0.303. The van der Waals surface area contributed by atoms with Crippen molar-refractivity contribution in [1.82, 2.24) is 5.32 Å². The summed E-state index contributed by atoms with van der Waals surface area (Å²) in [4.78, 5) is 12.7. The van der Waals surface area contributed by atoms with E-state index in [9.17, 15) is 35.4 Å². The summed E-state index contributed by atoms with van der Waals surface area (Å²) in [6.45, 7) is 8.14. The molecule has 0 aromatic rings. The average Bonchev–Trinajstić information content (AvgIpc) is 3.10. The molecule has 0 aliphatic carbocycles. The second kappa shape index (κ2) is 28.8. The molecule has 10 nitrogen and oxygen atoms in total. The summed E-state index contributed by atoms with van der Waals surface area (Å²) in [5.41, 5.74) is 0. The molecule has 7 N–H and O–H groups in total. The van der Waals surface area contributed by atoms with Gasteiger partial charge in [-0.05, 0) is 12.8 Å². The minimum atomic E-state index is -1.60. The minimum absolute atomic E-state index is 0.257. The largest absolute Gasteiger partial charge is 0.394 e. The molecule has 0 aromatic heterocycles. The molecule has 0 aromatic carbocycles. The number of carbonyl (C=O) groups excluding carboxylic acids is 1. The predicted molar refractivity (Wildman–Crippen MR) is 204 cm³/mol. The molecule has 11 heteroatoms. The average molecular weight is 734 g/mol. The molecule has 1 aliphatic rings. The SMILES string of the molecule is CCCCCCCCCCCCCCCCC[Si](C)(C)CCCCCCCC(=O)N[C@@H](COC1OC(CO)C(O)C(O)C1O)[C@H](O)[C@H](O)CC. The van der Waals surface area contributed by atoms with E-state index in [1.54, 1.807) is 6.92 Å². The van der Waals surface area contributed by atoms with Gasteiger partial charge in [0.25, 0.3) is 0 Å². The van der Waals surface area contributed by atoms with E-state index in [4.69, 9.17) is 9.47 Å². The first-order valence-corrected chi connectivity index (χ1v) is 24.0. The van der Waals surface area contributed by atoms with Crippen LogP contribution in [0.1, 0.15) is 155 Å². The molecular weight excluding hydrogens is 655 g/mol. The molecule has 0 radical (unpaired) electrons. The molecule has 1 rings (SSSR count). The molecule has 0 spiro atoms. The van der Waals surface area contributed by atoms with Crippen LogP contribution < -0.4 is 5.32 Å². The number of hydrogen-bond acceptors (Lipinski definition) is 9. The van der Waals surface area contributed by atoms with Gasteiger partial charge in [0, 0.05) is 14.5 Å². The van der Waals surface area contributed by atoms with Crippen molar-refractivity contribution in [1.29, 1.82) is 0 Å². The van der Waals surface area contributed by atoms with Crippen LogP contribution >= 0.6 is 0 Å². The van der Waals surface area contributed by atoms with Crippen LogP contribution in [0.2, 0.25) is 25.2 Å². The summed E-state index contributed by atoms with van der Waals surface area (Å²) in [5.74, 6) is -0.271. The number of aliphatic hydroxyl groups is 6. The molecule has 298 valence electrons. The Morgan fingerprint density at radius 1 is 0.700 bits per heavy atom. The second-order valence-corrected chi connectivity index (χ2v) is 21.1. The third-order valence-corrected chi connectivity index (χ3v) is 14.0. The quantitative estimate of drug-likeness (QED) is 0.0308. The number of rotatable bonds is 32. The molecule has 1 saturated heterocycles.